The Hall–Kier alpha value is -2.14. The molecule has 0 amide bonds. The fraction of sp³-hybridized carbons (Fsp3) is 0.474. The van der Waals surface area contributed by atoms with Crippen LogP contribution >= 0.6 is 0 Å². The molecular weight excluding hydrogens is 302 g/mol. The quantitative estimate of drug-likeness (QED) is 0.842. The lowest BCUT2D eigenvalue weighted by atomic mass is 9.99. The maximum atomic E-state index is 5.61. The van der Waals surface area contributed by atoms with Gasteiger partial charge in [-0.2, -0.15) is 0 Å². The Labute approximate surface area is 143 Å². The summed E-state index contributed by atoms with van der Waals surface area (Å²) < 4.78 is 11.1. The summed E-state index contributed by atoms with van der Waals surface area (Å²) in [6, 6.07) is 6.21. The molecule has 0 N–H and O–H groups in total. The lowest BCUT2D eigenvalue weighted by Crippen LogP contribution is -2.24. The molecule has 2 heterocycles. The van der Waals surface area contributed by atoms with E-state index in [4.69, 9.17) is 9.47 Å². The van der Waals surface area contributed by atoms with Gasteiger partial charge in [-0.3, -0.25) is 0 Å². The Kier molecular flexibility index (Phi) is 5.00. The molecule has 1 fully saturated rings. The van der Waals surface area contributed by atoms with E-state index in [1.807, 2.05) is 19.9 Å². The lowest BCUT2D eigenvalue weighted by molar-refractivity contribution is 0.121. The number of aromatic nitrogens is 2. The third-order valence-corrected chi connectivity index (χ3v) is 4.57. The Bertz CT molecular complexity index is 718. The van der Waals surface area contributed by atoms with Crippen LogP contribution in [0.1, 0.15) is 24.6 Å². The number of aryl methyl sites for hydroxylation is 2. The second kappa shape index (κ2) is 7.18. The van der Waals surface area contributed by atoms with Crippen LogP contribution < -0.4 is 9.64 Å². The molecule has 5 nitrogen and oxygen atoms in total. The molecule has 1 aromatic heterocycles. The van der Waals surface area contributed by atoms with Gasteiger partial charge in [-0.1, -0.05) is 6.07 Å². The number of nitrogens with zero attached hydrogens (tertiary/aromatic N) is 3. The number of ether oxygens (including phenoxy) is 2. The molecule has 0 aliphatic carbocycles. The lowest BCUT2D eigenvalue weighted by Gasteiger charge is -2.22. The van der Waals surface area contributed by atoms with Gasteiger partial charge in [0.05, 0.1) is 18.4 Å². The average Bonchev–Trinajstić information content (AvgIpc) is 3.05. The second-order valence-corrected chi connectivity index (χ2v) is 6.16. The summed E-state index contributed by atoms with van der Waals surface area (Å²) in [6.45, 7) is 8.64. The van der Waals surface area contributed by atoms with E-state index in [2.05, 4.69) is 33.9 Å². The van der Waals surface area contributed by atoms with E-state index in [0.29, 0.717) is 6.61 Å². The highest BCUT2D eigenvalue weighted by Gasteiger charge is 2.26. The normalized spacial score (nSPS) is 17.3. The Morgan fingerprint density at radius 2 is 2.08 bits per heavy atom. The zero-order chi connectivity index (χ0) is 17.1. The van der Waals surface area contributed by atoms with Crippen LogP contribution in [0.15, 0.2) is 24.5 Å². The van der Waals surface area contributed by atoms with Crippen LogP contribution in [-0.2, 0) is 4.74 Å². The van der Waals surface area contributed by atoms with Crippen molar-refractivity contribution in [2.75, 3.05) is 31.7 Å². The molecule has 3 rings (SSSR count). The first kappa shape index (κ1) is 16.7. The Balaban J connectivity index is 2.02. The molecule has 1 aliphatic heterocycles. The van der Waals surface area contributed by atoms with Crippen molar-refractivity contribution in [2.24, 2.45) is 0 Å². The fourth-order valence-corrected chi connectivity index (χ4v) is 3.30. The second-order valence-electron chi connectivity index (χ2n) is 6.16. The Morgan fingerprint density at radius 1 is 1.25 bits per heavy atom. The predicted octanol–water partition coefficient (Wildman–Crippen LogP) is 3.38. The molecule has 1 saturated heterocycles. The van der Waals surface area contributed by atoms with Crippen LogP contribution in [0.2, 0.25) is 0 Å². The van der Waals surface area contributed by atoms with E-state index in [1.54, 1.807) is 13.4 Å². The number of hydrogen-bond acceptors (Lipinski definition) is 5. The standard InChI is InChI=1S/C19H25N3O2/c1-5-24-15-6-7-17(13(2)10-15)18-14(3)20-12-21-19(18)22-9-8-16(11-22)23-4/h6-7,10,12,16H,5,8-9,11H2,1-4H3. The van der Waals surface area contributed by atoms with Crippen molar-refractivity contribution < 1.29 is 9.47 Å². The van der Waals surface area contributed by atoms with Gasteiger partial charge in [-0.05, 0) is 50.5 Å². The van der Waals surface area contributed by atoms with Crippen molar-refractivity contribution in [2.45, 2.75) is 33.3 Å². The monoisotopic (exact) mass is 327 g/mol. The highest BCUT2D eigenvalue weighted by atomic mass is 16.5. The van der Waals surface area contributed by atoms with Crippen LogP contribution in [0.3, 0.4) is 0 Å². The molecule has 1 aromatic carbocycles. The van der Waals surface area contributed by atoms with E-state index in [0.717, 1.165) is 47.9 Å². The molecule has 0 saturated carbocycles. The zero-order valence-electron chi connectivity index (χ0n) is 14.9. The number of benzene rings is 1. The maximum Gasteiger partial charge on any atom is 0.140 e. The molecule has 5 heteroatoms. The van der Waals surface area contributed by atoms with E-state index >= 15 is 0 Å². The van der Waals surface area contributed by atoms with Crippen LogP contribution in [0.25, 0.3) is 11.1 Å². The summed E-state index contributed by atoms with van der Waals surface area (Å²) in [7, 11) is 1.77. The van der Waals surface area contributed by atoms with Gasteiger partial charge in [-0.15, -0.1) is 0 Å². The molecule has 1 aliphatic rings. The summed E-state index contributed by atoms with van der Waals surface area (Å²) in [5.74, 6) is 1.89. The summed E-state index contributed by atoms with van der Waals surface area (Å²) in [4.78, 5) is 11.3. The smallest absolute Gasteiger partial charge is 0.140 e. The highest BCUT2D eigenvalue weighted by molar-refractivity contribution is 5.80. The molecule has 1 unspecified atom stereocenters. The molecule has 0 bridgehead atoms. The van der Waals surface area contributed by atoms with Crippen molar-refractivity contribution in [3.8, 4) is 16.9 Å². The zero-order valence-corrected chi connectivity index (χ0v) is 14.9. The Morgan fingerprint density at radius 3 is 2.75 bits per heavy atom. The topological polar surface area (TPSA) is 47.5 Å². The SMILES string of the molecule is CCOc1ccc(-c2c(C)ncnc2N2CCC(OC)C2)c(C)c1. The van der Waals surface area contributed by atoms with Gasteiger partial charge in [0.1, 0.15) is 17.9 Å². The third-order valence-electron chi connectivity index (χ3n) is 4.57. The molecular formula is C19H25N3O2. The van der Waals surface area contributed by atoms with Gasteiger partial charge in [-0.25, -0.2) is 9.97 Å². The first-order valence-electron chi connectivity index (χ1n) is 8.47. The minimum atomic E-state index is 0.273. The minimum absolute atomic E-state index is 0.273. The number of anilines is 1. The van der Waals surface area contributed by atoms with Crippen molar-refractivity contribution in [1.29, 1.82) is 0 Å². The van der Waals surface area contributed by atoms with Gasteiger partial charge in [0.25, 0.3) is 0 Å². The third kappa shape index (κ3) is 3.22. The highest BCUT2D eigenvalue weighted by Crippen LogP contribution is 2.36. The maximum absolute atomic E-state index is 5.61. The first-order valence-corrected chi connectivity index (χ1v) is 8.47. The van der Waals surface area contributed by atoms with Gasteiger partial charge < -0.3 is 14.4 Å². The van der Waals surface area contributed by atoms with E-state index in [9.17, 15) is 0 Å². The van der Waals surface area contributed by atoms with Gasteiger partial charge in [0, 0.05) is 25.8 Å². The minimum Gasteiger partial charge on any atom is -0.494 e. The van der Waals surface area contributed by atoms with Gasteiger partial charge in [0.2, 0.25) is 0 Å². The van der Waals surface area contributed by atoms with Crippen molar-refractivity contribution in [1.82, 2.24) is 9.97 Å². The molecule has 2 aromatic rings. The number of methoxy groups -OCH3 is 1. The molecule has 128 valence electrons. The van der Waals surface area contributed by atoms with E-state index < -0.39 is 0 Å². The van der Waals surface area contributed by atoms with Crippen LogP contribution in [0.5, 0.6) is 5.75 Å². The summed E-state index contributed by atoms with van der Waals surface area (Å²) >= 11 is 0. The van der Waals surface area contributed by atoms with Gasteiger partial charge >= 0.3 is 0 Å². The summed E-state index contributed by atoms with van der Waals surface area (Å²) in [5, 5.41) is 0. The van der Waals surface area contributed by atoms with Crippen molar-refractivity contribution in [3.63, 3.8) is 0 Å². The molecule has 24 heavy (non-hydrogen) atoms. The largest absolute Gasteiger partial charge is 0.494 e. The van der Waals surface area contributed by atoms with Crippen LogP contribution in [0.4, 0.5) is 5.82 Å². The van der Waals surface area contributed by atoms with Crippen molar-refractivity contribution in [3.05, 3.63) is 35.8 Å². The predicted molar refractivity (Wildman–Crippen MR) is 95.7 cm³/mol. The average molecular weight is 327 g/mol. The van der Waals surface area contributed by atoms with Crippen LogP contribution in [-0.4, -0.2) is 42.9 Å². The fourth-order valence-electron chi connectivity index (χ4n) is 3.30. The first-order chi connectivity index (χ1) is 11.6. The summed E-state index contributed by atoms with van der Waals surface area (Å²) in [5.41, 5.74) is 4.43. The van der Waals surface area contributed by atoms with Crippen molar-refractivity contribution >= 4 is 5.82 Å². The van der Waals surface area contributed by atoms with E-state index in [1.165, 1.54) is 5.56 Å². The van der Waals surface area contributed by atoms with Crippen LogP contribution in [0, 0.1) is 13.8 Å². The van der Waals surface area contributed by atoms with Gasteiger partial charge in [0.15, 0.2) is 0 Å². The summed E-state index contributed by atoms with van der Waals surface area (Å²) in [6.07, 6.45) is 2.95. The molecule has 0 spiro atoms. The van der Waals surface area contributed by atoms with E-state index in [-0.39, 0.29) is 6.10 Å². The number of rotatable bonds is 5. The molecule has 0 radical (unpaired) electrons. The molecule has 1 atom stereocenters. The number of hydrogen-bond donors (Lipinski definition) is 0.